The van der Waals surface area contributed by atoms with E-state index in [1.54, 1.807) is 0 Å². The first kappa shape index (κ1) is 11.2. The summed E-state index contributed by atoms with van der Waals surface area (Å²) >= 11 is 0. The van der Waals surface area contributed by atoms with Crippen molar-refractivity contribution in [1.82, 2.24) is 0 Å². The van der Waals surface area contributed by atoms with Crippen molar-refractivity contribution in [2.75, 3.05) is 13.2 Å². The Balaban J connectivity index is 1.85. The van der Waals surface area contributed by atoms with Crippen LogP contribution in [0.4, 0.5) is 0 Å². The largest absolute Gasteiger partial charge is 0.389 e. The Hall–Kier alpha value is -0.340. The van der Waals surface area contributed by atoms with Gasteiger partial charge >= 0.3 is 0 Å². The zero-order valence-electron chi connectivity index (χ0n) is 9.45. The average Bonchev–Trinajstić information content (AvgIpc) is 2.44. The molecule has 1 saturated heterocycles. The smallest absolute Gasteiger partial charge is 0.0723 e. The van der Waals surface area contributed by atoms with Gasteiger partial charge in [0.25, 0.3) is 0 Å². The molecule has 1 unspecified atom stereocenters. The maximum atomic E-state index is 9.69. The fraction of sp³-hybridized carbons (Fsp3) is 0.846. The third kappa shape index (κ3) is 3.62. The predicted octanol–water partition coefficient (Wildman–Crippen LogP) is 2.66. The summed E-state index contributed by atoms with van der Waals surface area (Å²) in [4.78, 5) is 0. The van der Waals surface area contributed by atoms with Crippen LogP contribution in [0.2, 0.25) is 0 Å². The van der Waals surface area contributed by atoms with Gasteiger partial charge in [-0.05, 0) is 44.4 Å². The van der Waals surface area contributed by atoms with Crippen molar-refractivity contribution < 1.29 is 9.84 Å². The van der Waals surface area contributed by atoms with E-state index in [0.29, 0.717) is 0 Å². The molecule has 1 N–H and O–H groups in total. The van der Waals surface area contributed by atoms with Crippen LogP contribution in [0.15, 0.2) is 11.6 Å². The highest BCUT2D eigenvalue weighted by molar-refractivity contribution is 5.08. The lowest BCUT2D eigenvalue weighted by Crippen LogP contribution is -2.16. The molecule has 2 nitrogen and oxygen atoms in total. The minimum atomic E-state index is -0.178. The molecule has 86 valence electrons. The van der Waals surface area contributed by atoms with Crippen molar-refractivity contribution in [2.24, 2.45) is 5.92 Å². The second kappa shape index (κ2) is 5.66. The second-order valence-corrected chi connectivity index (χ2v) is 4.90. The summed E-state index contributed by atoms with van der Waals surface area (Å²) in [5, 5.41) is 9.69. The van der Waals surface area contributed by atoms with Crippen molar-refractivity contribution in [1.29, 1.82) is 0 Å². The Kier molecular flexibility index (Phi) is 4.21. The van der Waals surface area contributed by atoms with Crippen LogP contribution in [-0.2, 0) is 4.74 Å². The number of hydrogen-bond acceptors (Lipinski definition) is 2. The second-order valence-electron chi connectivity index (χ2n) is 4.90. The van der Waals surface area contributed by atoms with Crippen LogP contribution in [0.25, 0.3) is 0 Å². The summed E-state index contributed by atoms with van der Waals surface area (Å²) in [5.74, 6) is 0.801. The van der Waals surface area contributed by atoms with Gasteiger partial charge in [0.1, 0.15) is 0 Å². The standard InChI is InChI=1S/C13H22O2/c14-13-4-2-1-3-12(10-13)9-11-5-7-15-8-6-11/h10-11,13-14H,1-9H2. The summed E-state index contributed by atoms with van der Waals surface area (Å²) in [6.45, 7) is 1.86. The number of aliphatic hydroxyl groups excluding tert-OH is 1. The molecule has 15 heavy (non-hydrogen) atoms. The highest BCUT2D eigenvalue weighted by Gasteiger charge is 2.17. The molecule has 0 saturated carbocycles. The van der Waals surface area contributed by atoms with E-state index >= 15 is 0 Å². The van der Waals surface area contributed by atoms with Crippen molar-refractivity contribution in [3.05, 3.63) is 11.6 Å². The van der Waals surface area contributed by atoms with Crippen LogP contribution in [-0.4, -0.2) is 24.4 Å². The minimum absolute atomic E-state index is 0.178. The third-order valence-electron chi connectivity index (χ3n) is 3.57. The summed E-state index contributed by atoms with van der Waals surface area (Å²) in [5.41, 5.74) is 1.49. The van der Waals surface area contributed by atoms with E-state index in [2.05, 4.69) is 6.08 Å². The number of ether oxygens (including phenoxy) is 1. The van der Waals surface area contributed by atoms with E-state index in [4.69, 9.17) is 4.74 Å². The lowest BCUT2D eigenvalue weighted by molar-refractivity contribution is 0.0662. The van der Waals surface area contributed by atoms with Crippen molar-refractivity contribution >= 4 is 0 Å². The quantitative estimate of drug-likeness (QED) is 0.710. The van der Waals surface area contributed by atoms with Gasteiger partial charge in [-0.25, -0.2) is 0 Å². The Morgan fingerprint density at radius 1 is 1.20 bits per heavy atom. The van der Waals surface area contributed by atoms with Gasteiger partial charge in [0.2, 0.25) is 0 Å². The molecule has 0 spiro atoms. The van der Waals surface area contributed by atoms with Crippen LogP contribution >= 0.6 is 0 Å². The Labute approximate surface area is 92.3 Å². The fourth-order valence-electron chi connectivity index (χ4n) is 2.64. The molecule has 1 heterocycles. The molecule has 1 aliphatic heterocycles. The van der Waals surface area contributed by atoms with Crippen molar-refractivity contribution in [3.8, 4) is 0 Å². The van der Waals surface area contributed by atoms with Gasteiger partial charge in [0, 0.05) is 13.2 Å². The third-order valence-corrected chi connectivity index (χ3v) is 3.57. The van der Waals surface area contributed by atoms with Crippen LogP contribution < -0.4 is 0 Å². The Morgan fingerprint density at radius 3 is 2.80 bits per heavy atom. The molecular weight excluding hydrogens is 188 g/mol. The van der Waals surface area contributed by atoms with E-state index < -0.39 is 0 Å². The van der Waals surface area contributed by atoms with Gasteiger partial charge in [-0.2, -0.15) is 0 Å². The number of aliphatic hydroxyl groups is 1. The molecule has 1 atom stereocenters. The summed E-state index contributed by atoms with van der Waals surface area (Å²) in [7, 11) is 0. The van der Waals surface area contributed by atoms with Crippen molar-refractivity contribution in [2.45, 2.75) is 51.0 Å². The van der Waals surface area contributed by atoms with E-state index in [0.717, 1.165) is 25.6 Å². The normalized spacial score (nSPS) is 29.7. The molecular formula is C13H22O2. The molecule has 1 aliphatic carbocycles. The summed E-state index contributed by atoms with van der Waals surface area (Å²) in [6, 6.07) is 0. The van der Waals surface area contributed by atoms with Gasteiger partial charge in [0.05, 0.1) is 6.10 Å². The minimum Gasteiger partial charge on any atom is -0.389 e. The summed E-state index contributed by atoms with van der Waals surface area (Å²) in [6.07, 6.45) is 10.1. The lowest BCUT2D eigenvalue weighted by atomic mass is 9.90. The van der Waals surface area contributed by atoms with Crippen LogP contribution in [0.3, 0.4) is 0 Å². The molecule has 0 radical (unpaired) electrons. The topological polar surface area (TPSA) is 29.5 Å². The van der Waals surface area contributed by atoms with Gasteiger partial charge in [-0.15, -0.1) is 0 Å². The molecule has 0 aromatic heterocycles. The SMILES string of the molecule is OC1C=C(CC2CCOCC2)CCCC1. The first-order chi connectivity index (χ1) is 7.34. The van der Waals surface area contributed by atoms with E-state index in [1.165, 1.54) is 44.1 Å². The zero-order valence-corrected chi connectivity index (χ0v) is 9.45. The van der Waals surface area contributed by atoms with Crippen LogP contribution in [0, 0.1) is 5.92 Å². The summed E-state index contributed by atoms with van der Waals surface area (Å²) < 4.78 is 5.37. The highest BCUT2D eigenvalue weighted by Crippen LogP contribution is 2.27. The molecule has 1 fully saturated rings. The predicted molar refractivity (Wildman–Crippen MR) is 60.7 cm³/mol. The van der Waals surface area contributed by atoms with Crippen LogP contribution in [0.1, 0.15) is 44.9 Å². The van der Waals surface area contributed by atoms with Gasteiger partial charge in [-0.1, -0.05) is 18.1 Å². The Bertz CT molecular complexity index is 217. The molecule has 2 aliphatic rings. The van der Waals surface area contributed by atoms with Gasteiger partial charge in [-0.3, -0.25) is 0 Å². The first-order valence-corrected chi connectivity index (χ1v) is 6.30. The fourth-order valence-corrected chi connectivity index (χ4v) is 2.64. The van der Waals surface area contributed by atoms with Gasteiger partial charge in [0.15, 0.2) is 0 Å². The highest BCUT2D eigenvalue weighted by atomic mass is 16.5. The van der Waals surface area contributed by atoms with Crippen molar-refractivity contribution in [3.63, 3.8) is 0 Å². The van der Waals surface area contributed by atoms with Gasteiger partial charge < -0.3 is 9.84 Å². The lowest BCUT2D eigenvalue weighted by Gasteiger charge is -2.23. The molecule has 0 aromatic rings. The molecule has 2 rings (SSSR count). The first-order valence-electron chi connectivity index (χ1n) is 6.30. The monoisotopic (exact) mass is 210 g/mol. The van der Waals surface area contributed by atoms with E-state index in [1.807, 2.05) is 0 Å². The molecule has 0 bridgehead atoms. The van der Waals surface area contributed by atoms with E-state index in [9.17, 15) is 5.11 Å². The van der Waals surface area contributed by atoms with Crippen LogP contribution in [0.5, 0.6) is 0 Å². The Morgan fingerprint density at radius 2 is 2.00 bits per heavy atom. The molecule has 0 aromatic carbocycles. The number of allylic oxidation sites excluding steroid dienone is 1. The molecule has 0 amide bonds. The number of rotatable bonds is 2. The van der Waals surface area contributed by atoms with E-state index in [-0.39, 0.29) is 6.10 Å². The zero-order chi connectivity index (χ0) is 10.5. The maximum Gasteiger partial charge on any atom is 0.0723 e. The average molecular weight is 210 g/mol. The number of hydrogen-bond donors (Lipinski definition) is 1. The maximum absolute atomic E-state index is 9.69. The molecule has 2 heteroatoms.